The molecule has 0 radical (unpaired) electrons. The number of imidazole rings is 1. The van der Waals surface area contributed by atoms with E-state index in [1.807, 2.05) is 19.1 Å². The summed E-state index contributed by atoms with van der Waals surface area (Å²) in [4.78, 5) is 4.21. The van der Waals surface area contributed by atoms with Crippen LogP contribution in [0.25, 0.3) is 16.7 Å². The van der Waals surface area contributed by atoms with Crippen LogP contribution in [-0.2, 0) is 0 Å². The summed E-state index contributed by atoms with van der Waals surface area (Å²) in [5.74, 6) is -0.123. The number of nitrogens with zero attached hydrogens (tertiary/aromatic N) is 2. The molecule has 5 heteroatoms. The number of benzene rings is 2. The Morgan fingerprint density at radius 3 is 2.68 bits per heavy atom. The van der Waals surface area contributed by atoms with Gasteiger partial charge in [0, 0.05) is 0 Å². The summed E-state index contributed by atoms with van der Waals surface area (Å²) < 4.78 is 15.7. The third kappa shape index (κ3) is 1.76. The lowest BCUT2D eigenvalue weighted by Gasteiger charge is -2.10. The Bertz CT molecular complexity index is 759. The van der Waals surface area contributed by atoms with Crippen LogP contribution in [-0.4, -0.2) is 9.55 Å². The SMILES string of the molecule is Cc1cccc(F)c1-n1c(N)nc2c(Cl)cccc21. The highest BCUT2D eigenvalue weighted by Crippen LogP contribution is 2.30. The van der Waals surface area contributed by atoms with Crippen molar-refractivity contribution in [3.8, 4) is 5.69 Å². The first-order valence-corrected chi connectivity index (χ1v) is 6.15. The fraction of sp³-hybridized carbons (Fsp3) is 0.0714. The van der Waals surface area contributed by atoms with Gasteiger partial charge in [-0.25, -0.2) is 9.37 Å². The molecule has 0 saturated heterocycles. The van der Waals surface area contributed by atoms with Gasteiger partial charge in [0.05, 0.1) is 16.2 Å². The van der Waals surface area contributed by atoms with Crippen LogP contribution in [0.1, 0.15) is 5.56 Å². The topological polar surface area (TPSA) is 43.8 Å². The van der Waals surface area contributed by atoms with Crippen LogP contribution in [0.5, 0.6) is 0 Å². The van der Waals surface area contributed by atoms with Gasteiger partial charge in [-0.15, -0.1) is 0 Å². The molecule has 3 nitrogen and oxygen atoms in total. The molecular weight excluding hydrogens is 265 g/mol. The fourth-order valence-corrected chi connectivity index (χ4v) is 2.44. The van der Waals surface area contributed by atoms with Gasteiger partial charge in [-0.05, 0) is 30.7 Å². The van der Waals surface area contributed by atoms with E-state index in [2.05, 4.69) is 4.98 Å². The molecular formula is C14H11ClFN3. The minimum absolute atomic E-state index is 0.219. The quantitative estimate of drug-likeness (QED) is 0.736. The maximum absolute atomic E-state index is 14.1. The van der Waals surface area contributed by atoms with E-state index in [0.717, 1.165) is 5.56 Å². The van der Waals surface area contributed by atoms with Crippen molar-refractivity contribution in [2.75, 3.05) is 5.73 Å². The first-order valence-electron chi connectivity index (χ1n) is 5.77. The summed E-state index contributed by atoms with van der Waals surface area (Å²) in [6, 6.07) is 10.2. The number of nitrogen functional groups attached to an aromatic ring is 1. The van der Waals surface area contributed by atoms with E-state index in [-0.39, 0.29) is 11.8 Å². The van der Waals surface area contributed by atoms with Crippen molar-refractivity contribution in [1.82, 2.24) is 9.55 Å². The van der Waals surface area contributed by atoms with Crippen molar-refractivity contribution >= 4 is 28.6 Å². The van der Waals surface area contributed by atoms with Gasteiger partial charge in [0.2, 0.25) is 5.95 Å². The van der Waals surface area contributed by atoms with Gasteiger partial charge in [-0.2, -0.15) is 0 Å². The number of anilines is 1. The number of halogens is 2. The average Bonchev–Trinajstić information content (AvgIpc) is 2.68. The van der Waals surface area contributed by atoms with Gasteiger partial charge in [0.15, 0.2) is 0 Å². The van der Waals surface area contributed by atoms with Crippen molar-refractivity contribution in [1.29, 1.82) is 0 Å². The zero-order chi connectivity index (χ0) is 13.6. The molecule has 0 atom stereocenters. The first-order chi connectivity index (χ1) is 9.09. The van der Waals surface area contributed by atoms with Crippen molar-refractivity contribution in [2.24, 2.45) is 0 Å². The van der Waals surface area contributed by atoms with Crippen molar-refractivity contribution in [3.05, 3.63) is 52.8 Å². The molecule has 0 bridgehead atoms. The summed E-state index contributed by atoms with van der Waals surface area (Å²) in [5, 5.41) is 0.497. The molecule has 0 aliphatic rings. The van der Waals surface area contributed by atoms with E-state index < -0.39 is 0 Å². The number of hydrogen-bond acceptors (Lipinski definition) is 2. The molecule has 3 aromatic rings. The summed E-state index contributed by atoms with van der Waals surface area (Å²) in [7, 11) is 0. The number of hydrogen-bond donors (Lipinski definition) is 1. The van der Waals surface area contributed by atoms with E-state index in [0.29, 0.717) is 21.7 Å². The zero-order valence-electron chi connectivity index (χ0n) is 10.2. The third-order valence-corrected chi connectivity index (χ3v) is 3.38. The van der Waals surface area contributed by atoms with Gasteiger partial charge in [-0.1, -0.05) is 29.8 Å². The van der Waals surface area contributed by atoms with Crippen LogP contribution in [0, 0.1) is 12.7 Å². The lowest BCUT2D eigenvalue weighted by atomic mass is 10.2. The molecule has 0 spiro atoms. The highest BCUT2D eigenvalue weighted by Gasteiger charge is 2.16. The molecule has 0 aliphatic carbocycles. The predicted octanol–water partition coefficient (Wildman–Crippen LogP) is 3.71. The Morgan fingerprint density at radius 2 is 1.95 bits per heavy atom. The Kier molecular flexibility index (Phi) is 2.68. The largest absolute Gasteiger partial charge is 0.369 e. The van der Waals surface area contributed by atoms with Crippen molar-refractivity contribution < 1.29 is 4.39 Å². The standard InChI is InChI=1S/C14H11ClFN3/c1-8-4-2-6-10(16)13(8)19-11-7-3-5-9(15)12(11)18-14(19)17/h2-7H,1H3,(H2,17,18). The zero-order valence-corrected chi connectivity index (χ0v) is 10.9. The monoisotopic (exact) mass is 275 g/mol. The highest BCUT2D eigenvalue weighted by molar-refractivity contribution is 6.35. The van der Waals surface area contributed by atoms with Crippen LogP contribution in [0.2, 0.25) is 5.02 Å². The van der Waals surface area contributed by atoms with Gasteiger partial charge in [0.1, 0.15) is 11.3 Å². The summed E-state index contributed by atoms with van der Waals surface area (Å²) >= 11 is 6.08. The normalized spacial score (nSPS) is 11.1. The Morgan fingerprint density at radius 1 is 1.21 bits per heavy atom. The summed E-state index contributed by atoms with van der Waals surface area (Å²) in [6.07, 6.45) is 0. The molecule has 19 heavy (non-hydrogen) atoms. The number of aromatic nitrogens is 2. The van der Waals surface area contributed by atoms with Crippen molar-refractivity contribution in [2.45, 2.75) is 6.92 Å². The summed E-state index contributed by atoms with van der Waals surface area (Å²) in [5.41, 5.74) is 8.38. The Hall–Kier alpha value is -2.07. The highest BCUT2D eigenvalue weighted by atomic mass is 35.5. The number of para-hydroxylation sites is 2. The molecule has 1 heterocycles. The number of fused-ring (bicyclic) bond motifs is 1. The first kappa shape index (κ1) is 12.0. The molecule has 0 fully saturated rings. The van der Waals surface area contributed by atoms with Crippen LogP contribution in [0.3, 0.4) is 0 Å². The Balaban J connectivity index is 2.44. The van der Waals surface area contributed by atoms with E-state index >= 15 is 0 Å². The van der Waals surface area contributed by atoms with Crippen LogP contribution in [0.4, 0.5) is 10.3 Å². The van der Waals surface area contributed by atoms with Crippen LogP contribution < -0.4 is 5.73 Å². The fourth-order valence-electron chi connectivity index (χ4n) is 2.22. The van der Waals surface area contributed by atoms with Gasteiger partial charge < -0.3 is 5.73 Å². The molecule has 2 N–H and O–H groups in total. The van der Waals surface area contributed by atoms with Crippen LogP contribution >= 0.6 is 11.6 Å². The van der Waals surface area contributed by atoms with Gasteiger partial charge in [0.25, 0.3) is 0 Å². The molecule has 0 unspecified atom stereocenters. The molecule has 0 amide bonds. The lowest BCUT2D eigenvalue weighted by molar-refractivity contribution is 0.618. The molecule has 96 valence electrons. The van der Waals surface area contributed by atoms with E-state index in [9.17, 15) is 4.39 Å². The van der Waals surface area contributed by atoms with Crippen molar-refractivity contribution in [3.63, 3.8) is 0 Å². The lowest BCUT2D eigenvalue weighted by Crippen LogP contribution is -2.04. The second-order valence-corrected chi connectivity index (χ2v) is 4.73. The van der Waals surface area contributed by atoms with E-state index in [1.54, 1.807) is 22.8 Å². The van der Waals surface area contributed by atoms with Crippen LogP contribution in [0.15, 0.2) is 36.4 Å². The van der Waals surface area contributed by atoms with E-state index in [4.69, 9.17) is 17.3 Å². The predicted molar refractivity (Wildman–Crippen MR) is 75.2 cm³/mol. The molecule has 0 aliphatic heterocycles. The summed E-state index contributed by atoms with van der Waals surface area (Å²) in [6.45, 7) is 1.83. The number of nitrogens with two attached hydrogens (primary N) is 1. The molecule has 2 aromatic carbocycles. The maximum Gasteiger partial charge on any atom is 0.206 e. The number of rotatable bonds is 1. The molecule has 1 aromatic heterocycles. The Labute approximate surface area is 114 Å². The second-order valence-electron chi connectivity index (χ2n) is 4.32. The number of aryl methyl sites for hydroxylation is 1. The minimum atomic E-state index is -0.342. The van der Waals surface area contributed by atoms with Gasteiger partial charge in [-0.3, -0.25) is 4.57 Å². The smallest absolute Gasteiger partial charge is 0.206 e. The second kappa shape index (κ2) is 4.24. The minimum Gasteiger partial charge on any atom is -0.369 e. The average molecular weight is 276 g/mol. The third-order valence-electron chi connectivity index (χ3n) is 3.07. The van der Waals surface area contributed by atoms with E-state index in [1.165, 1.54) is 6.07 Å². The molecule has 0 saturated carbocycles. The maximum atomic E-state index is 14.1. The van der Waals surface area contributed by atoms with Gasteiger partial charge >= 0.3 is 0 Å². The molecule has 3 rings (SSSR count).